The Hall–Kier alpha value is -2.14. The van der Waals surface area contributed by atoms with Crippen molar-refractivity contribution in [2.24, 2.45) is 5.92 Å². The first-order valence-corrected chi connectivity index (χ1v) is 9.32. The normalized spacial score (nSPS) is 19.9. The van der Waals surface area contributed by atoms with E-state index in [1.165, 1.54) is 11.1 Å². The van der Waals surface area contributed by atoms with E-state index < -0.39 is 0 Å². The molecule has 128 valence electrons. The standard InChI is InChI=1S/C20H19BrN2O2/c21-17-5-7-18(8-6-17)23-13-16(11-19(23)24)20(25)22-10-9-14-3-1-2-4-15(14)12-22/h1-8,16H,9-13H2. The molecule has 2 amide bonds. The number of amides is 2. The molecule has 2 aromatic rings. The summed E-state index contributed by atoms with van der Waals surface area (Å²) in [6.07, 6.45) is 1.19. The number of hydrogen-bond acceptors (Lipinski definition) is 2. The molecule has 5 heteroatoms. The van der Waals surface area contributed by atoms with Gasteiger partial charge in [-0.3, -0.25) is 9.59 Å². The van der Waals surface area contributed by atoms with Crippen molar-refractivity contribution in [2.75, 3.05) is 18.0 Å². The van der Waals surface area contributed by atoms with Crippen LogP contribution in [0, 0.1) is 5.92 Å². The van der Waals surface area contributed by atoms with Gasteiger partial charge >= 0.3 is 0 Å². The highest BCUT2D eigenvalue weighted by atomic mass is 79.9. The predicted molar refractivity (Wildman–Crippen MR) is 100 cm³/mol. The summed E-state index contributed by atoms with van der Waals surface area (Å²) in [6.45, 7) is 1.86. The first kappa shape index (κ1) is 16.3. The van der Waals surface area contributed by atoms with Gasteiger partial charge in [0.25, 0.3) is 0 Å². The molecular formula is C20H19BrN2O2. The van der Waals surface area contributed by atoms with Crippen molar-refractivity contribution in [1.29, 1.82) is 0 Å². The van der Waals surface area contributed by atoms with Crippen LogP contribution in [-0.2, 0) is 22.6 Å². The number of halogens is 1. The molecule has 0 N–H and O–H groups in total. The molecule has 2 aromatic carbocycles. The maximum Gasteiger partial charge on any atom is 0.228 e. The number of benzene rings is 2. The Morgan fingerprint density at radius 2 is 1.76 bits per heavy atom. The van der Waals surface area contributed by atoms with Gasteiger partial charge in [0.05, 0.1) is 5.92 Å². The summed E-state index contributed by atoms with van der Waals surface area (Å²) in [7, 11) is 0. The molecule has 0 saturated carbocycles. The van der Waals surface area contributed by atoms with Crippen LogP contribution in [0.2, 0.25) is 0 Å². The van der Waals surface area contributed by atoms with E-state index in [0.717, 1.165) is 23.1 Å². The highest BCUT2D eigenvalue weighted by Gasteiger charge is 2.37. The van der Waals surface area contributed by atoms with Crippen LogP contribution in [0.4, 0.5) is 5.69 Å². The third kappa shape index (κ3) is 3.21. The van der Waals surface area contributed by atoms with Gasteiger partial charge in [-0.25, -0.2) is 0 Å². The Kier molecular flexibility index (Phi) is 4.34. The maximum atomic E-state index is 12.9. The first-order valence-electron chi connectivity index (χ1n) is 8.53. The molecule has 1 fully saturated rings. The van der Waals surface area contributed by atoms with Crippen molar-refractivity contribution in [3.05, 3.63) is 64.1 Å². The van der Waals surface area contributed by atoms with Gasteiger partial charge in [0.2, 0.25) is 11.8 Å². The van der Waals surface area contributed by atoms with Gasteiger partial charge in [-0.05, 0) is 41.8 Å². The van der Waals surface area contributed by atoms with E-state index in [4.69, 9.17) is 0 Å². The van der Waals surface area contributed by atoms with Crippen LogP contribution in [0.25, 0.3) is 0 Å². The average molecular weight is 399 g/mol. The number of rotatable bonds is 2. The van der Waals surface area contributed by atoms with Crippen molar-refractivity contribution < 1.29 is 9.59 Å². The fourth-order valence-electron chi connectivity index (χ4n) is 3.69. The number of hydrogen-bond donors (Lipinski definition) is 0. The molecular weight excluding hydrogens is 380 g/mol. The molecule has 4 nitrogen and oxygen atoms in total. The number of fused-ring (bicyclic) bond motifs is 1. The topological polar surface area (TPSA) is 40.6 Å². The quantitative estimate of drug-likeness (QED) is 0.777. The van der Waals surface area contributed by atoms with Crippen LogP contribution >= 0.6 is 15.9 Å². The van der Waals surface area contributed by atoms with Crippen molar-refractivity contribution in [3.8, 4) is 0 Å². The summed E-state index contributed by atoms with van der Waals surface area (Å²) in [6, 6.07) is 15.9. The van der Waals surface area contributed by atoms with Gasteiger partial charge in [-0.2, -0.15) is 0 Å². The van der Waals surface area contributed by atoms with Gasteiger partial charge in [0.1, 0.15) is 0 Å². The second-order valence-electron chi connectivity index (χ2n) is 6.66. The van der Waals surface area contributed by atoms with Crippen LogP contribution in [0.1, 0.15) is 17.5 Å². The molecule has 0 bridgehead atoms. The monoisotopic (exact) mass is 398 g/mol. The van der Waals surface area contributed by atoms with E-state index in [2.05, 4.69) is 28.1 Å². The van der Waals surface area contributed by atoms with Gasteiger partial charge in [0, 0.05) is 36.2 Å². The molecule has 1 unspecified atom stereocenters. The van der Waals surface area contributed by atoms with Gasteiger partial charge < -0.3 is 9.80 Å². The average Bonchev–Trinajstić information content (AvgIpc) is 3.03. The second-order valence-corrected chi connectivity index (χ2v) is 7.58. The van der Waals surface area contributed by atoms with E-state index in [1.54, 1.807) is 4.90 Å². The van der Waals surface area contributed by atoms with Crippen molar-refractivity contribution in [1.82, 2.24) is 4.90 Å². The van der Waals surface area contributed by atoms with E-state index in [-0.39, 0.29) is 17.7 Å². The molecule has 4 rings (SSSR count). The number of nitrogens with zero attached hydrogens (tertiary/aromatic N) is 2. The molecule has 0 aliphatic carbocycles. The second kappa shape index (κ2) is 6.64. The van der Waals surface area contributed by atoms with E-state index in [0.29, 0.717) is 19.5 Å². The van der Waals surface area contributed by atoms with Gasteiger partial charge in [-0.15, -0.1) is 0 Å². The molecule has 0 spiro atoms. The zero-order valence-electron chi connectivity index (χ0n) is 13.8. The van der Waals surface area contributed by atoms with Crippen molar-refractivity contribution in [2.45, 2.75) is 19.4 Å². The summed E-state index contributed by atoms with van der Waals surface area (Å²) in [5.41, 5.74) is 3.40. The smallest absolute Gasteiger partial charge is 0.228 e. The van der Waals surface area contributed by atoms with E-state index >= 15 is 0 Å². The minimum Gasteiger partial charge on any atom is -0.338 e. The van der Waals surface area contributed by atoms with Gasteiger partial charge in [0.15, 0.2) is 0 Å². The van der Waals surface area contributed by atoms with Gasteiger partial charge in [-0.1, -0.05) is 40.2 Å². The minimum atomic E-state index is -0.249. The van der Waals surface area contributed by atoms with Crippen molar-refractivity contribution >= 4 is 33.4 Å². The Balaban J connectivity index is 1.47. The molecule has 2 heterocycles. The summed E-state index contributed by atoms with van der Waals surface area (Å²) < 4.78 is 0.975. The fourth-order valence-corrected chi connectivity index (χ4v) is 3.95. The lowest BCUT2D eigenvalue weighted by molar-refractivity contribution is -0.136. The number of carbonyl (C=O) groups is 2. The summed E-state index contributed by atoms with van der Waals surface area (Å²) in [5, 5.41) is 0. The van der Waals surface area contributed by atoms with Crippen LogP contribution in [0.5, 0.6) is 0 Å². The van der Waals surface area contributed by atoms with Crippen LogP contribution in [-0.4, -0.2) is 29.8 Å². The lowest BCUT2D eigenvalue weighted by Gasteiger charge is -2.30. The third-order valence-electron chi connectivity index (χ3n) is 5.05. The minimum absolute atomic E-state index is 0.0260. The number of anilines is 1. The van der Waals surface area contributed by atoms with E-state index in [9.17, 15) is 9.59 Å². The number of carbonyl (C=O) groups excluding carboxylic acids is 2. The zero-order valence-corrected chi connectivity index (χ0v) is 15.4. The van der Waals surface area contributed by atoms with Crippen LogP contribution in [0.15, 0.2) is 53.0 Å². The zero-order chi connectivity index (χ0) is 17.4. The van der Waals surface area contributed by atoms with E-state index in [1.807, 2.05) is 41.3 Å². The lowest BCUT2D eigenvalue weighted by Crippen LogP contribution is -2.40. The highest BCUT2D eigenvalue weighted by molar-refractivity contribution is 9.10. The maximum absolute atomic E-state index is 12.9. The van der Waals surface area contributed by atoms with Crippen LogP contribution < -0.4 is 4.90 Å². The molecule has 2 aliphatic heterocycles. The summed E-state index contributed by atoms with van der Waals surface area (Å²) in [4.78, 5) is 29.0. The van der Waals surface area contributed by atoms with Crippen LogP contribution in [0.3, 0.4) is 0 Å². The Morgan fingerprint density at radius 1 is 1.04 bits per heavy atom. The summed E-state index contributed by atoms with van der Waals surface area (Å²) in [5.74, 6) is -0.123. The Morgan fingerprint density at radius 3 is 2.52 bits per heavy atom. The SMILES string of the molecule is O=C(C1CC(=O)N(c2ccc(Br)cc2)C1)N1CCc2ccccc2C1. The molecule has 0 radical (unpaired) electrons. The molecule has 1 atom stereocenters. The predicted octanol–water partition coefficient (Wildman–Crippen LogP) is 3.39. The lowest BCUT2D eigenvalue weighted by atomic mass is 9.98. The molecule has 1 saturated heterocycles. The fraction of sp³-hybridized carbons (Fsp3) is 0.300. The molecule has 0 aromatic heterocycles. The highest BCUT2D eigenvalue weighted by Crippen LogP contribution is 2.29. The van der Waals surface area contributed by atoms with Crippen molar-refractivity contribution in [3.63, 3.8) is 0 Å². The largest absolute Gasteiger partial charge is 0.338 e. The third-order valence-corrected chi connectivity index (χ3v) is 5.58. The first-order chi connectivity index (χ1) is 12.1. The molecule has 2 aliphatic rings. The summed E-state index contributed by atoms with van der Waals surface area (Å²) >= 11 is 3.41. The Labute approximate surface area is 155 Å². The Bertz CT molecular complexity index is 819. The molecule has 25 heavy (non-hydrogen) atoms.